The van der Waals surface area contributed by atoms with Gasteiger partial charge < -0.3 is 9.84 Å². The molecule has 2 rings (SSSR count). The number of hydrogen-bond acceptors (Lipinski definition) is 4. The third-order valence-electron chi connectivity index (χ3n) is 2.21. The molecule has 2 aromatic rings. The van der Waals surface area contributed by atoms with Crippen molar-refractivity contribution in [2.24, 2.45) is 0 Å². The van der Waals surface area contributed by atoms with Crippen molar-refractivity contribution in [2.75, 3.05) is 0 Å². The minimum atomic E-state index is -0.0463. The summed E-state index contributed by atoms with van der Waals surface area (Å²) < 4.78 is 5.55. The summed E-state index contributed by atoms with van der Waals surface area (Å²) in [5.74, 6) is 0.978. The van der Waals surface area contributed by atoms with Crippen molar-refractivity contribution in [3.63, 3.8) is 0 Å². The molecule has 4 heteroatoms. The summed E-state index contributed by atoms with van der Waals surface area (Å²) in [6.45, 7) is -0.0463. The van der Waals surface area contributed by atoms with Crippen molar-refractivity contribution < 1.29 is 9.84 Å². The summed E-state index contributed by atoms with van der Waals surface area (Å²) in [6, 6.07) is 10.7. The molecule has 0 spiro atoms. The number of aliphatic hydroxyl groups is 1. The molecular weight excluding hydrogens is 216 g/mol. The first-order valence-electron chi connectivity index (χ1n) is 5.05. The van der Waals surface area contributed by atoms with Gasteiger partial charge in [-0.1, -0.05) is 12.1 Å². The van der Waals surface area contributed by atoms with Crippen LogP contribution in [0.2, 0.25) is 0 Å². The van der Waals surface area contributed by atoms with E-state index in [4.69, 9.17) is 15.1 Å². The molecule has 1 aromatic heterocycles. The third kappa shape index (κ3) is 2.60. The normalized spacial score (nSPS) is 9.65. The van der Waals surface area contributed by atoms with Crippen LogP contribution in [-0.2, 0) is 6.61 Å². The van der Waals surface area contributed by atoms with Crippen molar-refractivity contribution in [2.45, 2.75) is 6.61 Å². The number of nitrogens with zero attached hydrogens (tertiary/aromatic N) is 2. The topological polar surface area (TPSA) is 66.1 Å². The maximum absolute atomic E-state index is 9.01. The second-order valence-corrected chi connectivity index (χ2v) is 3.39. The SMILES string of the molecule is N#Cc1ccncc1Oc1cccc(CO)c1. The Morgan fingerprint density at radius 3 is 3.00 bits per heavy atom. The molecule has 1 heterocycles. The van der Waals surface area contributed by atoms with E-state index in [2.05, 4.69) is 4.98 Å². The van der Waals surface area contributed by atoms with Crippen LogP contribution >= 0.6 is 0 Å². The molecular formula is C13H10N2O2. The molecule has 0 saturated carbocycles. The number of benzene rings is 1. The molecule has 0 fully saturated rings. The fourth-order valence-electron chi connectivity index (χ4n) is 1.39. The monoisotopic (exact) mass is 226 g/mol. The van der Waals surface area contributed by atoms with Crippen molar-refractivity contribution in [1.29, 1.82) is 5.26 Å². The first-order chi connectivity index (χ1) is 8.33. The van der Waals surface area contributed by atoms with Crippen molar-refractivity contribution in [3.05, 3.63) is 53.9 Å². The number of hydrogen-bond donors (Lipinski definition) is 1. The zero-order valence-electron chi connectivity index (χ0n) is 9.00. The largest absolute Gasteiger partial charge is 0.454 e. The van der Waals surface area contributed by atoms with Crippen LogP contribution < -0.4 is 4.74 Å². The first kappa shape index (κ1) is 11.1. The highest BCUT2D eigenvalue weighted by atomic mass is 16.5. The average molecular weight is 226 g/mol. The van der Waals surface area contributed by atoms with E-state index >= 15 is 0 Å². The minimum absolute atomic E-state index is 0.0463. The Kier molecular flexibility index (Phi) is 3.34. The second-order valence-electron chi connectivity index (χ2n) is 3.39. The van der Waals surface area contributed by atoms with E-state index in [0.717, 1.165) is 5.56 Å². The third-order valence-corrected chi connectivity index (χ3v) is 2.21. The molecule has 0 aliphatic carbocycles. The maximum atomic E-state index is 9.01. The van der Waals surface area contributed by atoms with Crippen molar-refractivity contribution in [3.8, 4) is 17.6 Å². The molecule has 0 aliphatic heterocycles. The number of ether oxygens (including phenoxy) is 1. The van der Waals surface area contributed by atoms with Crippen LogP contribution in [0.3, 0.4) is 0 Å². The summed E-state index contributed by atoms with van der Waals surface area (Å²) >= 11 is 0. The molecule has 84 valence electrons. The lowest BCUT2D eigenvalue weighted by molar-refractivity contribution is 0.281. The zero-order chi connectivity index (χ0) is 12.1. The highest BCUT2D eigenvalue weighted by Gasteiger charge is 2.04. The predicted octanol–water partition coefficient (Wildman–Crippen LogP) is 2.24. The van der Waals surface area contributed by atoms with E-state index in [1.807, 2.05) is 6.07 Å². The lowest BCUT2D eigenvalue weighted by atomic mass is 10.2. The van der Waals surface area contributed by atoms with Crippen molar-refractivity contribution in [1.82, 2.24) is 4.98 Å². The number of pyridine rings is 1. The quantitative estimate of drug-likeness (QED) is 0.871. The van der Waals surface area contributed by atoms with Gasteiger partial charge in [0, 0.05) is 6.20 Å². The molecule has 0 saturated heterocycles. The van der Waals surface area contributed by atoms with E-state index < -0.39 is 0 Å². The number of rotatable bonds is 3. The van der Waals surface area contributed by atoms with Crippen molar-refractivity contribution >= 4 is 0 Å². The van der Waals surface area contributed by atoms with Crippen LogP contribution in [0.25, 0.3) is 0 Å². The van der Waals surface area contributed by atoms with Gasteiger partial charge in [0.15, 0.2) is 5.75 Å². The molecule has 17 heavy (non-hydrogen) atoms. The van der Waals surface area contributed by atoms with Crippen LogP contribution in [0.4, 0.5) is 0 Å². The van der Waals surface area contributed by atoms with Gasteiger partial charge in [-0.3, -0.25) is 4.98 Å². The highest BCUT2D eigenvalue weighted by Crippen LogP contribution is 2.24. The van der Waals surface area contributed by atoms with Gasteiger partial charge in [0.05, 0.1) is 18.4 Å². The molecule has 1 N–H and O–H groups in total. The Labute approximate surface area is 98.7 Å². The van der Waals surface area contributed by atoms with Gasteiger partial charge in [0.1, 0.15) is 11.8 Å². The summed E-state index contributed by atoms with van der Waals surface area (Å²) in [5.41, 5.74) is 1.18. The highest BCUT2D eigenvalue weighted by molar-refractivity contribution is 5.43. The average Bonchev–Trinajstić information content (AvgIpc) is 2.39. The Bertz CT molecular complexity index is 561. The molecule has 0 radical (unpaired) electrons. The lowest BCUT2D eigenvalue weighted by Gasteiger charge is -2.07. The number of nitriles is 1. The summed E-state index contributed by atoms with van der Waals surface area (Å²) in [4.78, 5) is 3.91. The smallest absolute Gasteiger partial charge is 0.163 e. The molecule has 0 atom stereocenters. The van der Waals surface area contributed by atoms with E-state index in [9.17, 15) is 0 Å². The predicted molar refractivity (Wildman–Crippen MR) is 61.4 cm³/mol. The lowest BCUT2D eigenvalue weighted by Crippen LogP contribution is -1.90. The Morgan fingerprint density at radius 1 is 1.35 bits per heavy atom. The molecule has 4 nitrogen and oxygen atoms in total. The van der Waals surface area contributed by atoms with E-state index in [0.29, 0.717) is 17.1 Å². The van der Waals surface area contributed by atoms with Crippen LogP contribution in [0.5, 0.6) is 11.5 Å². The Balaban J connectivity index is 2.28. The van der Waals surface area contributed by atoms with Crippen LogP contribution in [0, 0.1) is 11.3 Å². The fraction of sp³-hybridized carbons (Fsp3) is 0.0769. The standard InChI is InChI=1S/C13H10N2O2/c14-7-11-4-5-15-8-13(11)17-12-3-1-2-10(6-12)9-16/h1-6,8,16H,9H2. The summed E-state index contributed by atoms with van der Waals surface area (Å²) in [5, 5.41) is 17.9. The molecule has 0 amide bonds. The van der Waals surface area contributed by atoms with Crippen LogP contribution in [0.1, 0.15) is 11.1 Å². The summed E-state index contributed by atoms with van der Waals surface area (Å²) in [7, 11) is 0. The molecule has 0 bridgehead atoms. The van der Waals surface area contributed by atoms with Crippen LogP contribution in [0.15, 0.2) is 42.7 Å². The number of aliphatic hydroxyl groups excluding tert-OH is 1. The number of aromatic nitrogens is 1. The van der Waals surface area contributed by atoms with Gasteiger partial charge in [-0.25, -0.2) is 0 Å². The van der Waals surface area contributed by atoms with Gasteiger partial charge in [-0.05, 0) is 23.8 Å². The fourth-order valence-corrected chi connectivity index (χ4v) is 1.39. The van der Waals surface area contributed by atoms with E-state index in [1.54, 1.807) is 30.3 Å². The van der Waals surface area contributed by atoms with Gasteiger partial charge in [0.2, 0.25) is 0 Å². The molecule has 0 aliphatic rings. The first-order valence-corrected chi connectivity index (χ1v) is 5.05. The van der Waals surface area contributed by atoms with E-state index in [-0.39, 0.29) is 6.61 Å². The zero-order valence-corrected chi connectivity index (χ0v) is 9.00. The Hall–Kier alpha value is -2.38. The van der Waals surface area contributed by atoms with E-state index in [1.165, 1.54) is 12.4 Å². The van der Waals surface area contributed by atoms with Crippen LogP contribution in [-0.4, -0.2) is 10.1 Å². The van der Waals surface area contributed by atoms with Gasteiger partial charge in [0.25, 0.3) is 0 Å². The molecule has 0 unspecified atom stereocenters. The van der Waals surface area contributed by atoms with Gasteiger partial charge >= 0.3 is 0 Å². The van der Waals surface area contributed by atoms with Gasteiger partial charge in [-0.2, -0.15) is 5.26 Å². The maximum Gasteiger partial charge on any atom is 0.163 e. The van der Waals surface area contributed by atoms with Gasteiger partial charge in [-0.15, -0.1) is 0 Å². The Morgan fingerprint density at radius 2 is 2.24 bits per heavy atom. The second kappa shape index (κ2) is 5.10. The molecule has 1 aromatic carbocycles. The summed E-state index contributed by atoms with van der Waals surface area (Å²) in [6.07, 6.45) is 3.03. The minimum Gasteiger partial charge on any atom is -0.454 e.